The Hall–Kier alpha value is -8.27. The normalized spacial score (nSPS) is 12.6. The van der Waals surface area contributed by atoms with Crippen LogP contribution in [0.25, 0.3) is 89.1 Å². The van der Waals surface area contributed by atoms with Crippen LogP contribution in [0.4, 0.5) is 0 Å². The van der Waals surface area contributed by atoms with E-state index in [-0.39, 0.29) is 0 Å². The minimum absolute atomic E-state index is 0.621. The molecule has 1 aliphatic rings. The monoisotopic (exact) mass is 801 g/mol. The molecule has 3 nitrogen and oxygen atoms in total. The van der Waals surface area contributed by atoms with Crippen LogP contribution in [0, 0.1) is 0 Å². The van der Waals surface area contributed by atoms with Crippen LogP contribution in [0.1, 0.15) is 22.3 Å². The standard InChI is InChI=1S/C60H39N3/c1-5-20-40(21-6-1)42-25-19-26-44(36-42)58-61-57(41-22-7-2-8-23-41)62-59(63-58)53-38-45(52-37-43-24-13-14-31-48(43)49-32-15-16-33-50(49)52)39-55-56(53)51-34-17-18-35-54(51)60(55,46-27-9-3-10-28-46)47-29-11-4-12-30-47/h1-39H. The third-order valence-electron chi connectivity index (χ3n) is 12.8. The maximum Gasteiger partial charge on any atom is 0.164 e. The van der Waals surface area contributed by atoms with Crippen molar-refractivity contribution < 1.29 is 0 Å². The molecule has 12 rings (SSSR count). The van der Waals surface area contributed by atoms with Crippen LogP contribution in [0.15, 0.2) is 237 Å². The summed E-state index contributed by atoms with van der Waals surface area (Å²) in [6.07, 6.45) is 0. The van der Waals surface area contributed by atoms with Crippen molar-refractivity contribution in [3.05, 3.63) is 259 Å². The number of aromatic nitrogens is 3. The number of benzene rings is 10. The van der Waals surface area contributed by atoms with Gasteiger partial charge in [-0.15, -0.1) is 0 Å². The van der Waals surface area contributed by atoms with Gasteiger partial charge in [0.15, 0.2) is 17.5 Å². The van der Waals surface area contributed by atoms with Crippen molar-refractivity contribution in [1.29, 1.82) is 0 Å². The van der Waals surface area contributed by atoms with Crippen LogP contribution in [0.3, 0.4) is 0 Å². The molecular weight excluding hydrogens is 763 g/mol. The summed E-state index contributed by atoms with van der Waals surface area (Å²) in [6, 6.07) is 84.9. The quantitative estimate of drug-likeness (QED) is 0.151. The fraction of sp³-hybridized carbons (Fsp3) is 0.0167. The first-order valence-electron chi connectivity index (χ1n) is 21.5. The van der Waals surface area contributed by atoms with E-state index in [0.29, 0.717) is 17.5 Å². The number of fused-ring (bicyclic) bond motifs is 6. The van der Waals surface area contributed by atoms with Gasteiger partial charge < -0.3 is 0 Å². The maximum absolute atomic E-state index is 5.50. The third-order valence-corrected chi connectivity index (χ3v) is 12.8. The molecule has 0 radical (unpaired) electrons. The molecule has 0 amide bonds. The largest absolute Gasteiger partial charge is 0.208 e. The molecule has 1 aliphatic carbocycles. The highest BCUT2D eigenvalue weighted by molar-refractivity contribution is 6.14. The van der Waals surface area contributed by atoms with E-state index in [1.807, 2.05) is 24.3 Å². The Morgan fingerprint density at radius 1 is 0.270 bits per heavy atom. The minimum atomic E-state index is -0.645. The number of hydrogen-bond donors (Lipinski definition) is 0. The Bertz CT molecular complexity index is 3450. The SMILES string of the molecule is c1ccc(-c2cccc(-c3nc(-c4ccccc4)nc(-c4cc(-c5cc6ccccc6c6ccccc56)cc5c4-c4ccccc4C5(c4ccccc4)c4ccccc4)n3)c2)cc1. The Balaban J connectivity index is 1.22. The predicted molar refractivity (Wildman–Crippen MR) is 259 cm³/mol. The second-order valence-electron chi connectivity index (χ2n) is 16.3. The van der Waals surface area contributed by atoms with Gasteiger partial charge >= 0.3 is 0 Å². The molecule has 0 unspecified atom stereocenters. The van der Waals surface area contributed by atoms with E-state index in [2.05, 4.69) is 212 Å². The van der Waals surface area contributed by atoms with Gasteiger partial charge in [-0.05, 0) is 101 Å². The summed E-state index contributed by atoms with van der Waals surface area (Å²) in [6.45, 7) is 0. The molecular formula is C60H39N3. The molecule has 63 heavy (non-hydrogen) atoms. The van der Waals surface area contributed by atoms with Crippen LogP contribution in [-0.4, -0.2) is 15.0 Å². The van der Waals surface area contributed by atoms with E-state index in [1.165, 1.54) is 49.4 Å². The van der Waals surface area contributed by atoms with Gasteiger partial charge in [0, 0.05) is 16.7 Å². The van der Waals surface area contributed by atoms with Crippen LogP contribution in [-0.2, 0) is 5.41 Å². The summed E-state index contributed by atoms with van der Waals surface area (Å²) in [7, 11) is 0. The minimum Gasteiger partial charge on any atom is -0.208 e. The highest BCUT2D eigenvalue weighted by Gasteiger charge is 2.47. The zero-order valence-corrected chi connectivity index (χ0v) is 34.4. The van der Waals surface area contributed by atoms with Crippen molar-refractivity contribution >= 4 is 21.5 Å². The molecule has 0 atom stereocenters. The lowest BCUT2D eigenvalue weighted by Crippen LogP contribution is -2.28. The second kappa shape index (κ2) is 15.0. The fourth-order valence-electron chi connectivity index (χ4n) is 10.0. The number of nitrogens with zero attached hydrogens (tertiary/aromatic N) is 3. The molecule has 1 aromatic heterocycles. The lowest BCUT2D eigenvalue weighted by atomic mass is 9.67. The molecule has 0 saturated heterocycles. The smallest absolute Gasteiger partial charge is 0.164 e. The van der Waals surface area contributed by atoms with Crippen molar-refractivity contribution in [2.24, 2.45) is 0 Å². The molecule has 1 heterocycles. The van der Waals surface area contributed by atoms with Crippen molar-refractivity contribution in [3.63, 3.8) is 0 Å². The average molecular weight is 802 g/mol. The predicted octanol–water partition coefficient (Wildman–Crippen LogP) is 14.9. The lowest BCUT2D eigenvalue weighted by molar-refractivity contribution is 0.769. The molecule has 0 bridgehead atoms. The molecule has 11 aromatic rings. The summed E-state index contributed by atoms with van der Waals surface area (Å²) in [5.41, 5.74) is 13.8. The summed E-state index contributed by atoms with van der Waals surface area (Å²) in [4.78, 5) is 16.2. The topological polar surface area (TPSA) is 38.7 Å². The van der Waals surface area contributed by atoms with Crippen LogP contribution in [0.2, 0.25) is 0 Å². The fourth-order valence-corrected chi connectivity index (χ4v) is 10.0. The van der Waals surface area contributed by atoms with E-state index in [9.17, 15) is 0 Å². The molecule has 10 aromatic carbocycles. The van der Waals surface area contributed by atoms with Gasteiger partial charge in [-0.1, -0.05) is 212 Å². The molecule has 0 aliphatic heterocycles. The third kappa shape index (κ3) is 6.01. The first-order chi connectivity index (χ1) is 31.2. The van der Waals surface area contributed by atoms with Gasteiger partial charge in [0.2, 0.25) is 0 Å². The summed E-state index contributed by atoms with van der Waals surface area (Å²) in [5, 5.41) is 4.85. The average Bonchev–Trinajstić information content (AvgIpc) is 3.67. The summed E-state index contributed by atoms with van der Waals surface area (Å²) >= 11 is 0. The molecule has 0 fully saturated rings. The molecule has 0 spiro atoms. The van der Waals surface area contributed by atoms with E-state index in [1.54, 1.807) is 0 Å². The van der Waals surface area contributed by atoms with E-state index in [0.717, 1.165) is 44.5 Å². The molecule has 294 valence electrons. The van der Waals surface area contributed by atoms with E-state index >= 15 is 0 Å². The Kier molecular flexibility index (Phi) is 8.72. The Morgan fingerprint density at radius 3 is 1.51 bits per heavy atom. The van der Waals surface area contributed by atoms with Crippen molar-refractivity contribution in [1.82, 2.24) is 15.0 Å². The second-order valence-corrected chi connectivity index (χ2v) is 16.3. The van der Waals surface area contributed by atoms with E-state index in [4.69, 9.17) is 15.0 Å². The molecule has 0 N–H and O–H groups in total. The maximum atomic E-state index is 5.50. The first-order valence-corrected chi connectivity index (χ1v) is 21.5. The molecule has 0 saturated carbocycles. The van der Waals surface area contributed by atoms with Gasteiger partial charge in [0.25, 0.3) is 0 Å². The summed E-state index contributed by atoms with van der Waals surface area (Å²) in [5.74, 6) is 1.87. The van der Waals surface area contributed by atoms with Crippen LogP contribution in [0.5, 0.6) is 0 Å². The van der Waals surface area contributed by atoms with E-state index < -0.39 is 5.41 Å². The zero-order chi connectivity index (χ0) is 41.7. The lowest BCUT2D eigenvalue weighted by Gasteiger charge is -2.34. The zero-order valence-electron chi connectivity index (χ0n) is 34.4. The van der Waals surface area contributed by atoms with Gasteiger partial charge in [0.1, 0.15) is 0 Å². The first kappa shape index (κ1) is 36.6. The van der Waals surface area contributed by atoms with Gasteiger partial charge in [0.05, 0.1) is 5.41 Å². The Labute approximate surface area is 366 Å². The van der Waals surface area contributed by atoms with Crippen LogP contribution >= 0.6 is 0 Å². The number of hydrogen-bond acceptors (Lipinski definition) is 3. The van der Waals surface area contributed by atoms with Crippen molar-refractivity contribution in [3.8, 4) is 67.5 Å². The van der Waals surface area contributed by atoms with Gasteiger partial charge in [-0.3, -0.25) is 0 Å². The van der Waals surface area contributed by atoms with Crippen molar-refractivity contribution in [2.75, 3.05) is 0 Å². The Morgan fingerprint density at radius 2 is 0.794 bits per heavy atom. The number of rotatable bonds is 7. The molecule has 3 heteroatoms. The van der Waals surface area contributed by atoms with Crippen molar-refractivity contribution in [2.45, 2.75) is 5.41 Å². The van der Waals surface area contributed by atoms with Gasteiger partial charge in [-0.2, -0.15) is 0 Å². The summed E-state index contributed by atoms with van der Waals surface area (Å²) < 4.78 is 0. The van der Waals surface area contributed by atoms with Gasteiger partial charge in [-0.25, -0.2) is 15.0 Å². The highest BCUT2D eigenvalue weighted by atomic mass is 15.0. The van der Waals surface area contributed by atoms with Crippen LogP contribution < -0.4 is 0 Å². The highest BCUT2D eigenvalue weighted by Crippen LogP contribution is 2.59.